The Morgan fingerprint density at radius 2 is 1.85 bits per heavy atom. The summed E-state index contributed by atoms with van der Waals surface area (Å²) in [6.07, 6.45) is 10.1. The van der Waals surface area contributed by atoms with E-state index in [9.17, 15) is 9.59 Å². The number of nitrogens with zero attached hydrogens (tertiary/aromatic N) is 4. The van der Waals surface area contributed by atoms with Crippen molar-refractivity contribution in [1.82, 2.24) is 19.6 Å². The first-order chi connectivity index (χ1) is 16.5. The van der Waals surface area contributed by atoms with E-state index >= 15 is 0 Å². The van der Waals surface area contributed by atoms with Gasteiger partial charge in [0, 0.05) is 45.3 Å². The summed E-state index contributed by atoms with van der Waals surface area (Å²) in [6, 6.07) is 9.87. The van der Waals surface area contributed by atoms with Crippen LogP contribution in [0.25, 0.3) is 0 Å². The van der Waals surface area contributed by atoms with Crippen LogP contribution < -0.4 is 4.74 Å². The lowest BCUT2D eigenvalue weighted by Gasteiger charge is -2.41. The van der Waals surface area contributed by atoms with Crippen LogP contribution in [0.15, 0.2) is 36.5 Å². The molecule has 7 heteroatoms. The van der Waals surface area contributed by atoms with Gasteiger partial charge in [0.25, 0.3) is 5.91 Å². The molecule has 2 amide bonds. The van der Waals surface area contributed by atoms with Gasteiger partial charge >= 0.3 is 0 Å². The van der Waals surface area contributed by atoms with Crippen LogP contribution in [-0.4, -0.2) is 64.7 Å². The van der Waals surface area contributed by atoms with Gasteiger partial charge in [-0.3, -0.25) is 14.3 Å². The Morgan fingerprint density at radius 1 is 1.12 bits per heavy atom. The molecule has 1 aliphatic heterocycles. The first-order valence-electron chi connectivity index (χ1n) is 12.6. The van der Waals surface area contributed by atoms with E-state index in [2.05, 4.69) is 16.1 Å². The van der Waals surface area contributed by atoms with Crippen molar-refractivity contribution < 1.29 is 14.3 Å². The van der Waals surface area contributed by atoms with Crippen molar-refractivity contribution in [2.45, 2.75) is 57.4 Å². The second-order valence-electron chi connectivity index (χ2n) is 9.91. The molecule has 1 saturated heterocycles. The lowest BCUT2D eigenvalue weighted by atomic mass is 9.83. The maximum Gasteiger partial charge on any atom is 0.274 e. The highest BCUT2D eigenvalue weighted by atomic mass is 16.5. The fourth-order valence-corrected chi connectivity index (χ4v) is 5.63. The molecule has 2 aromatic rings. The number of likely N-dealkylation sites (tertiary alicyclic amines) is 1. The molecule has 184 valence electrons. The van der Waals surface area contributed by atoms with Gasteiger partial charge in [-0.1, -0.05) is 31.4 Å². The summed E-state index contributed by atoms with van der Waals surface area (Å²) in [7, 11) is 5.39. The summed E-state index contributed by atoms with van der Waals surface area (Å²) >= 11 is 0. The number of aryl methyl sites for hydroxylation is 1. The Hall–Kier alpha value is -2.83. The van der Waals surface area contributed by atoms with Crippen LogP contribution in [0.3, 0.4) is 0 Å². The number of ether oxygens (including phenoxy) is 1. The predicted molar refractivity (Wildman–Crippen MR) is 132 cm³/mol. The number of carbonyl (C=O) groups excluding carboxylic acids is 2. The lowest BCUT2D eigenvalue weighted by Crippen LogP contribution is -2.49. The highest BCUT2D eigenvalue weighted by Gasteiger charge is 2.35. The molecule has 2 heterocycles. The molecule has 1 unspecified atom stereocenters. The number of aromatic nitrogens is 2. The SMILES string of the molecule is COc1cccc(CC(C2CCN(C(=O)C3CCCCC3)CC2)N(C)C(=O)c2ccn(C)n2)c1. The molecule has 34 heavy (non-hydrogen) atoms. The number of carbonyl (C=O) groups is 2. The van der Waals surface area contributed by atoms with Crippen LogP contribution >= 0.6 is 0 Å². The number of likely N-dealkylation sites (N-methyl/N-ethyl adjacent to an activating group) is 1. The van der Waals surface area contributed by atoms with E-state index < -0.39 is 0 Å². The second-order valence-corrected chi connectivity index (χ2v) is 9.91. The highest BCUT2D eigenvalue weighted by molar-refractivity contribution is 5.92. The zero-order chi connectivity index (χ0) is 24.1. The monoisotopic (exact) mass is 466 g/mol. The second kappa shape index (κ2) is 11.1. The third-order valence-corrected chi connectivity index (χ3v) is 7.68. The first-order valence-corrected chi connectivity index (χ1v) is 12.6. The van der Waals surface area contributed by atoms with Gasteiger partial charge in [0.15, 0.2) is 0 Å². The Balaban J connectivity index is 1.48. The van der Waals surface area contributed by atoms with Crippen molar-refractivity contribution in [3.05, 3.63) is 47.8 Å². The molecule has 4 rings (SSSR count). The number of hydrogen-bond donors (Lipinski definition) is 0. The van der Waals surface area contributed by atoms with Crippen molar-refractivity contribution in [2.75, 3.05) is 27.2 Å². The number of amides is 2. The van der Waals surface area contributed by atoms with Crippen LogP contribution in [0, 0.1) is 11.8 Å². The van der Waals surface area contributed by atoms with Crippen molar-refractivity contribution in [1.29, 1.82) is 0 Å². The first kappa shape index (κ1) is 24.3. The number of piperidine rings is 1. The molecule has 1 aliphatic carbocycles. The average molecular weight is 467 g/mol. The third-order valence-electron chi connectivity index (χ3n) is 7.68. The molecule has 0 radical (unpaired) electrons. The Labute approximate surface area is 203 Å². The standard InChI is InChI=1S/C27H38N4O3/c1-29-15-14-24(28-29)27(33)30(2)25(19-20-8-7-11-23(18-20)34-3)21-12-16-31(17-13-21)26(32)22-9-5-4-6-10-22/h7-8,11,14-15,18,21-22,25H,4-6,9-10,12-13,16-17,19H2,1-3H3. The van der Waals surface area contributed by atoms with Gasteiger partial charge < -0.3 is 14.5 Å². The molecule has 1 atom stereocenters. The molecular weight excluding hydrogens is 428 g/mol. The Bertz CT molecular complexity index is 974. The van der Waals surface area contributed by atoms with E-state index in [4.69, 9.17) is 4.74 Å². The van der Waals surface area contributed by atoms with E-state index in [-0.39, 0.29) is 17.9 Å². The van der Waals surface area contributed by atoms with Crippen molar-refractivity contribution in [2.24, 2.45) is 18.9 Å². The van der Waals surface area contributed by atoms with Gasteiger partial charge in [0.05, 0.1) is 7.11 Å². The van der Waals surface area contributed by atoms with Gasteiger partial charge in [-0.2, -0.15) is 5.10 Å². The average Bonchev–Trinajstić information content (AvgIpc) is 3.33. The van der Waals surface area contributed by atoms with E-state index in [0.29, 0.717) is 17.5 Å². The maximum atomic E-state index is 13.3. The minimum Gasteiger partial charge on any atom is -0.497 e. The summed E-state index contributed by atoms with van der Waals surface area (Å²) in [6.45, 7) is 1.56. The number of hydrogen-bond acceptors (Lipinski definition) is 4. The molecule has 0 bridgehead atoms. The highest BCUT2D eigenvalue weighted by Crippen LogP contribution is 2.31. The fourth-order valence-electron chi connectivity index (χ4n) is 5.63. The van der Waals surface area contributed by atoms with Crippen LogP contribution in [-0.2, 0) is 18.3 Å². The number of benzene rings is 1. The van der Waals surface area contributed by atoms with E-state index in [1.54, 1.807) is 24.1 Å². The fraction of sp³-hybridized carbons (Fsp3) is 0.593. The lowest BCUT2D eigenvalue weighted by molar-refractivity contribution is -0.138. The molecule has 0 N–H and O–H groups in total. The Kier molecular flexibility index (Phi) is 7.91. The summed E-state index contributed by atoms with van der Waals surface area (Å²) in [5, 5.41) is 4.33. The molecule has 0 spiro atoms. The topological polar surface area (TPSA) is 67.7 Å². The largest absolute Gasteiger partial charge is 0.497 e. The summed E-state index contributed by atoms with van der Waals surface area (Å²) in [4.78, 5) is 30.3. The molecule has 2 fully saturated rings. The van der Waals surface area contributed by atoms with E-state index in [1.165, 1.54) is 19.3 Å². The van der Waals surface area contributed by atoms with Gasteiger partial charge in [0.1, 0.15) is 11.4 Å². The molecule has 1 aromatic heterocycles. The maximum absolute atomic E-state index is 13.3. The summed E-state index contributed by atoms with van der Waals surface area (Å²) in [5.74, 6) is 1.64. The molecule has 1 aromatic carbocycles. The molecular formula is C27H38N4O3. The van der Waals surface area contributed by atoms with Gasteiger partial charge in [0.2, 0.25) is 5.91 Å². The molecule has 1 saturated carbocycles. The zero-order valence-corrected chi connectivity index (χ0v) is 20.8. The summed E-state index contributed by atoms with van der Waals surface area (Å²) in [5.41, 5.74) is 1.61. The number of rotatable bonds is 7. The van der Waals surface area contributed by atoms with Crippen LogP contribution in [0.5, 0.6) is 5.75 Å². The van der Waals surface area contributed by atoms with Gasteiger partial charge in [-0.15, -0.1) is 0 Å². The minimum absolute atomic E-state index is 0.0218. The smallest absolute Gasteiger partial charge is 0.274 e. The van der Waals surface area contributed by atoms with Crippen LogP contribution in [0.1, 0.15) is 61.0 Å². The van der Waals surface area contributed by atoms with Crippen molar-refractivity contribution in [3.8, 4) is 5.75 Å². The zero-order valence-electron chi connectivity index (χ0n) is 20.8. The number of methoxy groups -OCH3 is 1. The third kappa shape index (κ3) is 5.62. The van der Waals surface area contributed by atoms with Gasteiger partial charge in [-0.05, 0) is 61.8 Å². The Morgan fingerprint density at radius 3 is 2.50 bits per heavy atom. The summed E-state index contributed by atoms with van der Waals surface area (Å²) < 4.78 is 7.08. The molecule has 2 aliphatic rings. The minimum atomic E-state index is -0.0609. The normalized spacial score (nSPS) is 18.5. The van der Waals surface area contributed by atoms with Crippen LogP contribution in [0.2, 0.25) is 0 Å². The molecule has 7 nitrogen and oxygen atoms in total. The predicted octanol–water partition coefficient (Wildman–Crippen LogP) is 3.93. The quantitative estimate of drug-likeness (QED) is 0.620. The van der Waals surface area contributed by atoms with E-state index in [1.807, 2.05) is 37.2 Å². The van der Waals surface area contributed by atoms with Crippen molar-refractivity contribution >= 4 is 11.8 Å². The van der Waals surface area contributed by atoms with E-state index in [0.717, 1.165) is 56.5 Å². The van der Waals surface area contributed by atoms with Gasteiger partial charge in [-0.25, -0.2) is 0 Å². The van der Waals surface area contributed by atoms with Crippen LogP contribution in [0.4, 0.5) is 0 Å². The van der Waals surface area contributed by atoms with Crippen molar-refractivity contribution in [3.63, 3.8) is 0 Å².